The number of aromatic amines is 1. The molecule has 2 heterocycles. The van der Waals surface area contributed by atoms with Gasteiger partial charge in [0.2, 0.25) is 0 Å². The first-order valence-corrected chi connectivity index (χ1v) is 7.18. The normalized spacial score (nSPS) is 10.6. The second kappa shape index (κ2) is 5.07. The van der Waals surface area contributed by atoms with Crippen molar-refractivity contribution in [2.45, 2.75) is 6.92 Å². The third-order valence-corrected chi connectivity index (χ3v) is 4.04. The van der Waals surface area contributed by atoms with Crippen molar-refractivity contribution in [3.8, 4) is 22.0 Å². The van der Waals surface area contributed by atoms with Crippen LogP contribution >= 0.6 is 23.6 Å². The van der Waals surface area contributed by atoms with Gasteiger partial charge in [-0.15, -0.1) is 11.3 Å². The fourth-order valence-corrected chi connectivity index (χ4v) is 2.95. The lowest BCUT2D eigenvalue weighted by Crippen LogP contribution is -1.91. The molecule has 0 aliphatic heterocycles. The topological polar surface area (TPSA) is 28.7 Å². The molecule has 0 saturated heterocycles. The van der Waals surface area contributed by atoms with Gasteiger partial charge in [0, 0.05) is 10.4 Å². The van der Waals surface area contributed by atoms with Crippen LogP contribution in [0.1, 0.15) is 4.88 Å². The van der Waals surface area contributed by atoms with Gasteiger partial charge in [-0.2, -0.15) is 0 Å². The Hall–Kier alpha value is -1.78. The van der Waals surface area contributed by atoms with Crippen molar-refractivity contribution < 1.29 is 0 Å². The number of aryl methyl sites for hydroxylation is 1. The number of rotatable bonds is 2. The van der Waals surface area contributed by atoms with Gasteiger partial charge in [0.15, 0.2) is 0 Å². The van der Waals surface area contributed by atoms with Gasteiger partial charge >= 0.3 is 0 Å². The summed E-state index contributed by atoms with van der Waals surface area (Å²) < 4.78 is 0.610. The van der Waals surface area contributed by atoms with Crippen molar-refractivity contribution in [2.24, 2.45) is 0 Å². The first kappa shape index (κ1) is 12.3. The van der Waals surface area contributed by atoms with Gasteiger partial charge in [-0.1, -0.05) is 42.5 Å². The van der Waals surface area contributed by atoms with E-state index in [1.165, 1.54) is 9.75 Å². The summed E-state index contributed by atoms with van der Waals surface area (Å²) >= 11 is 7.02. The van der Waals surface area contributed by atoms with Gasteiger partial charge in [-0.05, 0) is 25.1 Å². The molecule has 2 nitrogen and oxygen atoms in total. The van der Waals surface area contributed by atoms with Crippen molar-refractivity contribution >= 4 is 23.6 Å². The Balaban J connectivity index is 2.14. The Morgan fingerprint density at radius 1 is 1.11 bits per heavy atom. The number of hydrogen-bond acceptors (Lipinski definition) is 3. The van der Waals surface area contributed by atoms with Gasteiger partial charge in [-0.3, -0.25) is 0 Å². The molecular formula is C15H12N2S2. The zero-order valence-electron chi connectivity index (χ0n) is 10.4. The Morgan fingerprint density at radius 3 is 2.58 bits per heavy atom. The fourth-order valence-electron chi connectivity index (χ4n) is 1.90. The van der Waals surface area contributed by atoms with Crippen LogP contribution in [0.4, 0.5) is 0 Å². The van der Waals surface area contributed by atoms with E-state index in [0.717, 1.165) is 17.1 Å². The van der Waals surface area contributed by atoms with Crippen molar-refractivity contribution in [3.63, 3.8) is 0 Å². The van der Waals surface area contributed by atoms with E-state index in [-0.39, 0.29) is 0 Å². The molecule has 1 aromatic carbocycles. The Labute approximate surface area is 120 Å². The van der Waals surface area contributed by atoms with Crippen LogP contribution in [0.25, 0.3) is 22.0 Å². The fraction of sp³-hybridized carbons (Fsp3) is 0.0667. The minimum absolute atomic E-state index is 0.610. The van der Waals surface area contributed by atoms with Crippen molar-refractivity contribution in [2.75, 3.05) is 0 Å². The number of H-pyrrole nitrogens is 1. The van der Waals surface area contributed by atoms with E-state index in [2.05, 4.69) is 29.0 Å². The van der Waals surface area contributed by atoms with E-state index >= 15 is 0 Å². The standard InChI is InChI=1S/C15H12N2S2/c1-10-7-8-13(19-10)12-9-14(18)17-15(16-12)11-5-3-2-4-6-11/h2-9H,1H3,(H,16,17,18). The summed E-state index contributed by atoms with van der Waals surface area (Å²) in [4.78, 5) is 10.2. The molecule has 0 atom stereocenters. The molecule has 0 unspecified atom stereocenters. The lowest BCUT2D eigenvalue weighted by molar-refractivity contribution is 1.17. The summed E-state index contributed by atoms with van der Waals surface area (Å²) in [5.41, 5.74) is 2.07. The molecular weight excluding hydrogens is 272 g/mol. The third-order valence-electron chi connectivity index (χ3n) is 2.80. The van der Waals surface area contributed by atoms with Crippen molar-refractivity contribution in [3.05, 3.63) is 58.0 Å². The summed E-state index contributed by atoms with van der Waals surface area (Å²) in [6.07, 6.45) is 0. The Morgan fingerprint density at radius 2 is 1.89 bits per heavy atom. The van der Waals surface area contributed by atoms with Crippen LogP contribution in [-0.2, 0) is 0 Å². The van der Waals surface area contributed by atoms with Crippen LogP contribution in [0.3, 0.4) is 0 Å². The largest absolute Gasteiger partial charge is 0.338 e. The number of nitrogens with one attached hydrogen (secondary N) is 1. The summed E-state index contributed by atoms with van der Waals surface area (Å²) in [5, 5.41) is 0. The highest BCUT2D eigenvalue weighted by molar-refractivity contribution is 7.71. The molecule has 0 bridgehead atoms. The van der Waals surface area contributed by atoms with E-state index < -0.39 is 0 Å². The molecule has 0 aliphatic carbocycles. The zero-order valence-corrected chi connectivity index (χ0v) is 12.0. The molecule has 0 fully saturated rings. The predicted molar refractivity (Wildman–Crippen MR) is 82.9 cm³/mol. The number of aromatic nitrogens is 2. The van der Waals surface area contributed by atoms with Crippen LogP contribution < -0.4 is 0 Å². The second-order valence-electron chi connectivity index (χ2n) is 4.26. The molecule has 4 heteroatoms. The van der Waals surface area contributed by atoms with Crippen LogP contribution in [0.2, 0.25) is 0 Å². The van der Waals surface area contributed by atoms with Crippen LogP contribution in [0.5, 0.6) is 0 Å². The minimum atomic E-state index is 0.610. The highest BCUT2D eigenvalue weighted by Crippen LogP contribution is 2.27. The van der Waals surface area contributed by atoms with Crippen LogP contribution in [-0.4, -0.2) is 9.97 Å². The van der Waals surface area contributed by atoms with Gasteiger partial charge < -0.3 is 4.98 Å². The molecule has 19 heavy (non-hydrogen) atoms. The third kappa shape index (κ3) is 2.64. The molecule has 3 rings (SSSR count). The van der Waals surface area contributed by atoms with Crippen LogP contribution in [0.15, 0.2) is 48.5 Å². The summed E-state index contributed by atoms with van der Waals surface area (Å²) in [6.45, 7) is 2.10. The lowest BCUT2D eigenvalue weighted by Gasteiger charge is -2.04. The Kier molecular flexibility index (Phi) is 3.27. The minimum Gasteiger partial charge on any atom is -0.338 e. The molecule has 0 radical (unpaired) electrons. The van der Waals surface area contributed by atoms with Gasteiger partial charge in [0.1, 0.15) is 10.5 Å². The van der Waals surface area contributed by atoms with Gasteiger partial charge in [-0.25, -0.2) is 4.98 Å². The molecule has 94 valence electrons. The maximum Gasteiger partial charge on any atom is 0.139 e. The molecule has 0 spiro atoms. The number of nitrogens with zero attached hydrogens (tertiary/aromatic N) is 1. The number of benzene rings is 1. The first-order valence-electron chi connectivity index (χ1n) is 5.96. The number of thiophene rings is 1. The molecule has 0 saturated carbocycles. The second-order valence-corrected chi connectivity index (χ2v) is 5.96. The van der Waals surface area contributed by atoms with Gasteiger partial charge in [0.05, 0.1) is 10.6 Å². The molecule has 3 aromatic rings. The van der Waals surface area contributed by atoms with Gasteiger partial charge in [0.25, 0.3) is 0 Å². The van der Waals surface area contributed by atoms with Crippen molar-refractivity contribution in [1.29, 1.82) is 0 Å². The maximum absolute atomic E-state index is 5.27. The first-order chi connectivity index (χ1) is 9.22. The smallest absolute Gasteiger partial charge is 0.139 e. The van der Waals surface area contributed by atoms with E-state index in [1.54, 1.807) is 11.3 Å². The summed E-state index contributed by atoms with van der Waals surface area (Å²) in [6, 6.07) is 16.2. The highest BCUT2D eigenvalue weighted by atomic mass is 32.1. The lowest BCUT2D eigenvalue weighted by atomic mass is 10.2. The zero-order chi connectivity index (χ0) is 13.2. The number of hydrogen-bond donors (Lipinski definition) is 1. The highest BCUT2D eigenvalue weighted by Gasteiger charge is 2.05. The monoisotopic (exact) mass is 284 g/mol. The van der Waals surface area contributed by atoms with Crippen molar-refractivity contribution in [1.82, 2.24) is 9.97 Å². The summed E-state index contributed by atoms with van der Waals surface area (Å²) in [5.74, 6) is 0.814. The molecule has 0 aliphatic rings. The van der Waals surface area contributed by atoms with E-state index in [0.29, 0.717) is 4.64 Å². The molecule has 2 aromatic heterocycles. The maximum atomic E-state index is 5.27. The summed E-state index contributed by atoms with van der Waals surface area (Å²) in [7, 11) is 0. The predicted octanol–water partition coefficient (Wildman–Crippen LogP) is 4.84. The SMILES string of the molecule is Cc1ccc(-c2cc(=S)nc(-c3ccccc3)[nH]2)s1. The average Bonchev–Trinajstić information content (AvgIpc) is 2.86. The van der Waals surface area contributed by atoms with E-state index in [4.69, 9.17) is 12.2 Å². The van der Waals surface area contributed by atoms with E-state index in [1.807, 2.05) is 36.4 Å². The quantitative estimate of drug-likeness (QED) is 0.682. The molecule has 1 N–H and O–H groups in total. The molecule has 0 amide bonds. The van der Waals surface area contributed by atoms with Crippen LogP contribution in [0, 0.1) is 11.6 Å². The Bertz CT molecular complexity index is 757. The average molecular weight is 284 g/mol. The van der Waals surface area contributed by atoms with E-state index in [9.17, 15) is 0 Å².